The zero-order chi connectivity index (χ0) is 13.8. The molecule has 1 N–H and O–H groups in total. The summed E-state index contributed by atoms with van der Waals surface area (Å²) in [7, 11) is 1.72. The van der Waals surface area contributed by atoms with Crippen LogP contribution < -0.4 is 10.9 Å². The van der Waals surface area contributed by atoms with Crippen LogP contribution in [0.2, 0.25) is 5.02 Å². The second-order valence-electron chi connectivity index (χ2n) is 3.91. The molecule has 2 rings (SSSR count). The molecule has 1 aromatic heterocycles. The minimum absolute atomic E-state index is 0.215. The zero-order valence-corrected chi connectivity index (χ0v) is 11.0. The molecule has 6 heteroatoms. The lowest BCUT2D eigenvalue weighted by atomic mass is 10.1. The van der Waals surface area contributed by atoms with Crippen LogP contribution in [0.4, 0.5) is 5.69 Å². The maximum Gasteiger partial charge on any atom is 0.269 e. The van der Waals surface area contributed by atoms with E-state index in [1.807, 2.05) is 6.07 Å². The molecular formula is C13H11ClN4O. The molecule has 0 spiro atoms. The highest BCUT2D eigenvalue weighted by Crippen LogP contribution is 2.18. The first kappa shape index (κ1) is 13.1. The predicted molar refractivity (Wildman–Crippen MR) is 73.3 cm³/mol. The Morgan fingerprint density at radius 2 is 2.26 bits per heavy atom. The summed E-state index contributed by atoms with van der Waals surface area (Å²) in [5, 5.41) is 16.1. The van der Waals surface area contributed by atoms with Gasteiger partial charge in [0.05, 0.1) is 30.1 Å². The molecule has 5 nitrogen and oxygen atoms in total. The van der Waals surface area contributed by atoms with E-state index in [1.165, 1.54) is 10.7 Å². The van der Waals surface area contributed by atoms with Crippen molar-refractivity contribution in [2.45, 2.75) is 6.54 Å². The molecule has 1 heterocycles. The van der Waals surface area contributed by atoms with Gasteiger partial charge >= 0.3 is 0 Å². The van der Waals surface area contributed by atoms with Crippen LogP contribution in [-0.4, -0.2) is 16.8 Å². The lowest BCUT2D eigenvalue weighted by molar-refractivity contribution is 0.640. The lowest BCUT2D eigenvalue weighted by Gasteiger charge is -2.07. The Bertz CT molecular complexity index is 703. The summed E-state index contributed by atoms with van der Waals surface area (Å²) in [5.41, 5.74) is 1.67. The fourth-order valence-electron chi connectivity index (χ4n) is 1.60. The first-order valence-electron chi connectivity index (χ1n) is 5.57. The molecule has 0 aliphatic rings. The molecule has 0 radical (unpaired) electrons. The average molecular weight is 275 g/mol. The van der Waals surface area contributed by atoms with E-state index in [0.717, 1.165) is 5.56 Å². The molecule has 0 saturated heterocycles. The second kappa shape index (κ2) is 5.55. The van der Waals surface area contributed by atoms with E-state index in [2.05, 4.69) is 10.4 Å². The number of hydrogen-bond acceptors (Lipinski definition) is 4. The third-order valence-electron chi connectivity index (χ3n) is 2.66. The molecule has 0 unspecified atom stereocenters. The van der Waals surface area contributed by atoms with Crippen molar-refractivity contribution in [3.05, 3.63) is 57.0 Å². The van der Waals surface area contributed by atoms with Gasteiger partial charge in [0.1, 0.15) is 0 Å². The van der Waals surface area contributed by atoms with Gasteiger partial charge < -0.3 is 5.32 Å². The number of nitrogens with zero attached hydrogens (tertiary/aromatic N) is 3. The average Bonchev–Trinajstić information content (AvgIpc) is 2.42. The Hall–Kier alpha value is -2.32. The van der Waals surface area contributed by atoms with Gasteiger partial charge in [0.2, 0.25) is 0 Å². The number of aromatic nitrogens is 2. The molecule has 1 aromatic carbocycles. The Morgan fingerprint density at radius 3 is 2.84 bits per heavy atom. The van der Waals surface area contributed by atoms with E-state index >= 15 is 0 Å². The summed E-state index contributed by atoms with van der Waals surface area (Å²) < 4.78 is 1.31. The van der Waals surface area contributed by atoms with Crippen LogP contribution in [-0.2, 0) is 6.54 Å². The molecule has 0 bridgehead atoms. The number of nitriles is 1. The molecule has 0 amide bonds. The van der Waals surface area contributed by atoms with Gasteiger partial charge in [-0.1, -0.05) is 17.7 Å². The lowest BCUT2D eigenvalue weighted by Crippen LogP contribution is -2.23. The number of benzene rings is 1. The van der Waals surface area contributed by atoms with Crippen molar-refractivity contribution in [2.24, 2.45) is 0 Å². The van der Waals surface area contributed by atoms with Crippen LogP contribution >= 0.6 is 11.6 Å². The molecular weight excluding hydrogens is 264 g/mol. The van der Waals surface area contributed by atoms with Gasteiger partial charge in [0, 0.05) is 18.1 Å². The number of hydrogen-bond donors (Lipinski definition) is 1. The first-order valence-corrected chi connectivity index (χ1v) is 5.95. The summed E-state index contributed by atoms with van der Waals surface area (Å²) >= 11 is 6.06. The summed E-state index contributed by atoms with van der Waals surface area (Å²) in [6, 6.07) is 8.43. The van der Waals surface area contributed by atoms with E-state index in [1.54, 1.807) is 31.4 Å². The quantitative estimate of drug-likeness (QED) is 0.927. The third-order valence-corrected chi connectivity index (χ3v) is 3.01. The number of rotatable bonds is 3. The van der Waals surface area contributed by atoms with E-state index in [-0.39, 0.29) is 12.1 Å². The number of nitrogens with one attached hydrogen (secondary N) is 1. The highest BCUT2D eigenvalue weighted by atomic mass is 35.5. The normalized spacial score (nSPS) is 9.95. The Labute approximate surface area is 115 Å². The Kier molecular flexibility index (Phi) is 3.83. The first-order chi connectivity index (χ1) is 9.13. The van der Waals surface area contributed by atoms with Gasteiger partial charge in [-0.15, -0.1) is 0 Å². The van der Waals surface area contributed by atoms with Gasteiger partial charge in [0.25, 0.3) is 5.56 Å². The monoisotopic (exact) mass is 274 g/mol. The van der Waals surface area contributed by atoms with E-state index in [9.17, 15) is 4.79 Å². The summed E-state index contributed by atoms with van der Waals surface area (Å²) in [6.07, 6.45) is 1.57. The molecule has 0 fully saturated rings. The maximum atomic E-state index is 11.8. The standard InChI is InChI=1S/C13H11ClN4O/c1-16-11-5-13(19)18(17-7-11)8-10-3-2-9(6-15)4-12(10)14/h2-5,7,16H,8H2,1H3. The second-order valence-corrected chi connectivity index (χ2v) is 4.32. The molecule has 0 saturated carbocycles. The smallest absolute Gasteiger partial charge is 0.269 e. The molecule has 96 valence electrons. The van der Waals surface area contributed by atoms with Crippen molar-refractivity contribution >= 4 is 17.3 Å². The van der Waals surface area contributed by atoms with Gasteiger partial charge in [-0.25, -0.2) is 4.68 Å². The van der Waals surface area contributed by atoms with Crippen molar-refractivity contribution < 1.29 is 0 Å². The van der Waals surface area contributed by atoms with E-state index in [0.29, 0.717) is 16.3 Å². The molecule has 2 aromatic rings. The topological polar surface area (TPSA) is 70.7 Å². The van der Waals surface area contributed by atoms with Crippen LogP contribution in [0, 0.1) is 11.3 Å². The summed E-state index contributed by atoms with van der Waals surface area (Å²) in [5.74, 6) is 0. The van der Waals surface area contributed by atoms with E-state index in [4.69, 9.17) is 16.9 Å². The minimum Gasteiger partial charge on any atom is -0.387 e. The van der Waals surface area contributed by atoms with Gasteiger partial charge in [-0.05, 0) is 17.7 Å². The van der Waals surface area contributed by atoms with Crippen molar-refractivity contribution in [1.29, 1.82) is 5.26 Å². The van der Waals surface area contributed by atoms with Crippen LogP contribution in [0.1, 0.15) is 11.1 Å². The largest absolute Gasteiger partial charge is 0.387 e. The van der Waals surface area contributed by atoms with Crippen molar-refractivity contribution in [3.63, 3.8) is 0 Å². The highest BCUT2D eigenvalue weighted by Gasteiger charge is 2.05. The van der Waals surface area contributed by atoms with Crippen molar-refractivity contribution in [2.75, 3.05) is 12.4 Å². The van der Waals surface area contributed by atoms with Gasteiger partial charge in [-0.2, -0.15) is 10.4 Å². The minimum atomic E-state index is -0.215. The molecule has 19 heavy (non-hydrogen) atoms. The van der Waals surface area contributed by atoms with Crippen LogP contribution in [0.25, 0.3) is 0 Å². The predicted octanol–water partition coefficient (Wildman–Crippen LogP) is 1.86. The maximum absolute atomic E-state index is 11.8. The number of halogens is 1. The summed E-state index contributed by atoms with van der Waals surface area (Å²) in [4.78, 5) is 11.8. The third kappa shape index (κ3) is 2.92. The summed E-state index contributed by atoms with van der Waals surface area (Å²) in [6.45, 7) is 0.271. The van der Waals surface area contributed by atoms with Crippen molar-refractivity contribution in [1.82, 2.24) is 9.78 Å². The van der Waals surface area contributed by atoms with Crippen LogP contribution in [0.3, 0.4) is 0 Å². The Balaban J connectivity index is 2.32. The fraction of sp³-hybridized carbons (Fsp3) is 0.154. The van der Waals surface area contributed by atoms with E-state index < -0.39 is 0 Å². The SMILES string of the molecule is CNc1cnn(Cc2ccc(C#N)cc2Cl)c(=O)c1. The fourth-order valence-corrected chi connectivity index (χ4v) is 1.84. The highest BCUT2D eigenvalue weighted by molar-refractivity contribution is 6.31. The number of anilines is 1. The van der Waals surface area contributed by atoms with Crippen LogP contribution in [0.15, 0.2) is 35.3 Å². The molecule has 0 aliphatic heterocycles. The zero-order valence-electron chi connectivity index (χ0n) is 10.2. The van der Waals surface area contributed by atoms with Crippen molar-refractivity contribution in [3.8, 4) is 6.07 Å². The van der Waals surface area contributed by atoms with Gasteiger partial charge in [0.15, 0.2) is 0 Å². The Morgan fingerprint density at radius 1 is 1.47 bits per heavy atom. The van der Waals surface area contributed by atoms with Gasteiger partial charge in [-0.3, -0.25) is 4.79 Å². The molecule has 0 atom stereocenters. The van der Waals surface area contributed by atoms with Crippen LogP contribution in [0.5, 0.6) is 0 Å². The molecule has 0 aliphatic carbocycles.